The molecule has 0 saturated carbocycles. The molecule has 0 aliphatic carbocycles. The number of hydrogen-bond donors (Lipinski definition) is 2. The molecule has 2 heterocycles. The summed E-state index contributed by atoms with van der Waals surface area (Å²) in [6.07, 6.45) is 4.51. The third-order valence-corrected chi connectivity index (χ3v) is 5.70. The van der Waals surface area contributed by atoms with Gasteiger partial charge in [0.05, 0.1) is 5.56 Å². The number of nitrogens with two attached hydrogens (primary N) is 1. The predicted octanol–water partition coefficient (Wildman–Crippen LogP) is 3.47. The minimum absolute atomic E-state index is 0.348. The number of anilines is 3. The standard InChI is InChI=1S/C22H28N4O/c23-22(27)20-16-18(8-9-21(20)26-12-4-5-13-26)24-17-10-14-25(15-11-17)19-6-2-1-3-7-19/h1-3,6-9,16-17,24H,4-5,10-15H2,(H2,23,27). The maximum atomic E-state index is 12.0. The summed E-state index contributed by atoms with van der Waals surface area (Å²) in [5.74, 6) is -0.348. The zero-order valence-electron chi connectivity index (χ0n) is 15.7. The van der Waals surface area contributed by atoms with E-state index in [4.69, 9.17) is 5.73 Å². The summed E-state index contributed by atoms with van der Waals surface area (Å²) >= 11 is 0. The Balaban J connectivity index is 1.41. The monoisotopic (exact) mass is 364 g/mol. The van der Waals surface area contributed by atoms with E-state index < -0.39 is 0 Å². The maximum Gasteiger partial charge on any atom is 0.250 e. The van der Waals surface area contributed by atoms with Gasteiger partial charge in [-0.3, -0.25) is 4.79 Å². The van der Waals surface area contributed by atoms with E-state index in [2.05, 4.69) is 51.5 Å². The first kappa shape index (κ1) is 17.7. The van der Waals surface area contributed by atoms with Crippen molar-refractivity contribution in [3.8, 4) is 0 Å². The van der Waals surface area contributed by atoms with Gasteiger partial charge in [-0.25, -0.2) is 0 Å². The topological polar surface area (TPSA) is 61.6 Å². The van der Waals surface area contributed by atoms with Gasteiger partial charge in [0.1, 0.15) is 0 Å². The van der Waals surface area contributed by atoms with Crippen LogP contribution in [-0.4, -0.2) is 38.1 Å². The van der Waals surface area contributed by atoms with Crippen LogP contribution in [0.5, 0.6) is 0 Å². The molecule has 2 aromatic carbocycles. The molecule has 2 aromatic rings. The predicted molar refractivity (Wildman–Crippen MR) is 112 cm³/mol. The van der Waals surface area contributed by atoms with Crippen LogP contribution in [-0.2, 0) is 0 Å². The molecule has 4 rings (SSSR count). The quantitative estimate of drug-likeness (QED) is 0.853. The number of nitrogens with zero attached hydrogens (tertiary/aromatic N) is 2. The van der Waals surface area contributed by atoms with E-state index >= 15 is 0 Å². The van der Waals surface area contributed by atoms with Crippen LogP contribution in [0.3, 0.4) is 0 Å². The molecular formula is C22H28N4O. The highest BCUT2D eigenvalue weighted by molar-refractivity contribution is 5.99. The molecule has 0 aromatic heterocycles. The summed E-state index contributed by atoms with van der Waals surface area (Å²) in [5, 5.41) is 3.61. The third kappa shape index (κ3) is 4.02. The molecule has 2 aliphatic rings. The second-order valence-corrected chi connectivity index (χ2v) is 7.53. The van der Waals surface area contributed by atoms with E-state index in [9.17, 15) is 4.79 Å². The minimum Gasteiger partial charge on any atom is -0.382 e. The van der Waals surface area contributed by atoms with E-state index in [1.165, 1.54) is 18.5 Å². The van der Waals surface area contributed by atoms with Gasteiger partial charge in [0, 0.05) is 49.3 Å². The fraction of sp³-hybridized carbons (Fsp3) is 0.409. The molecule has 2 fully saturated rings. The van der Waals surface area contributed by atoms with Gasteiger partial charge in [-0.2, -0.15) is 0 Å². The van der Waals surface area contributed by atoms with Gasteiger partial charge in [-0.15, -0.1) is 0 Å². The van der Waals surface area contributed by atoms with Crippen LogP contribution in [0.4, 0.5) is 17.1 Å². The van der Waals surface area contributed by atoms with Crippen LogP contribution in [0, 0.1) is 0 Å². The van der Waals surface area contributed by atoms with Crippen molar-refractivity contribution in [2.24, 2.45) is 5.73 Å². The van der Waals surface area contributed by atoms with Crippen LogP contribution < -0.4 is 20.9 Å². The molecular weight excluding hydrogens is 336 g/mol. The van der Waals surface area contributed by atoms with Gasteiger partial charge < -0.3 is 20.9 Å². The molecule has 27 heavy (non-hydrogen) atoms. The summed E-state index contributed by atoms with van der Waals surface area (Å²) in [5.41, 5.74) is 9.56. The number of piperidine rings is 1. The van der Waals surface area contributed by atoms with Gasteiger partial charge >= 0.3 is 0 Å². The number of nitrogens with one attached hydrogen (secondary N) is 1. The molecule has 0 bridgehead atoms. The van der Waals surface area contributed by atoms with Crippen molar-refractivity contribution in [3.63, 3.8) is 0 Å². The Hall–Kier alpha value is -2.69. The van der Waals surface area contributed by atoms with Crippen LogP contribution in [0.15, 0.2) is 48.5 Å². The average Bonchev–Trinajstić information content (AvgIpc) is 3.24. The Morgan fingerprint density at radius 1 is 0.926 bits per heavy atom. The number of primary amides is 1. The molecule has 2 saturated heterocycles. The van der Waals surface area contributed by atoms with Gasteiger partial charge in [0.2, 0.25) is 0 Å². The molecule has 1 amide bonds. The van der Waals surface area contributed by atoms with Crippen molar-refractivity contribution < 1.29 is 4.79 Å². The van der Waals surface area contributed by atoms with Crippen LogP contribution in [0.2, 0.25) is 0 Å². The Kier molecular flexibility index (Phi) is 5.19. The van der Waals surface area contributed by atoms with E-state index in [-0.39, 0.29) is 5.91 Å². The maximum absolute atomic E-state index is 12.0. The van der Waals surface area contributed by atoms with Crippen molar-refractivity contribution in [2.45, 2.75) is 31.7 Å². The molecule has 0 unspecified atom stereocenters. The van der Waals surface area contributed by atoms with Crippen LogP contribution >= 0.6 is 0 Å². The van der Waals surface area contributed by atoms with Crippen molar-refractivity contribution in [1.29, 1.82) is 0 Å². The molecule has 5 nitrogen and oxygen atoms in total. The van der Waals surface area contributed by atoms with Crippen molar-refractivity contribution in [2.75, 3.05) is 41.3 Å². The van der Waals surface area contributed by atoms with Gasteiger partial charge in [0.25, 0.3) is 5.91 Å². The highest BCUT2D eigenvalue weighted by Crippen LogP contribution is 2.28. The lowest BCUT2D eigenvalue weighted by molar-refractivity contribution is 0.100. The SMILES string of the molecule is NC(=O)c1cc(NC2CCN(c3ccccc3)CC2)ccc1N1CCCC1. The largest absolute Gasteiger partial charge is 0.382 e. The van der Waals surface area contributed by atoms with E-state index in [0.29, 0.717) is 11.6 Å². The summed E-state index contributed by atoms with van der Waals surface area (Å²) in [6, 6.07) is 17.1. The molecule has 0 radical (unpaired) electrons. The molecule has 142 valence electrons. The number of rotatable bonds is 5. The number of benzene rings is 2. The Labute approximate surface area is 161 Å². The van der Waals surface area contributed by atoms with Gasteiger partial charge in [-0.1, -0.05) is 18.2 Å². The Bertz CT molecular complexity index is 778. The lowest BCUT2D eigenvalue weighted by Gasteiger charge is -2.34. The van der Waals surface area contributed by atoms with Gasteiger partial charge in [0.15, 0.2) is 0 Å². The summed E-state index contributed by atoms with van der Waals surface area (Å²) in [4.78, 5) is 16.7. The lowest BCUT2D eigenvalue weighted by atomic mass is 10.0. The first-order valence-corrected chi connectivity index (χ1v) is 9.96. The highest BCUT2D eigenvalue weighted by atomic mass is 16.1. The smallest absolute Gasteiger partial charge is 0.250 e. The Morgan fingerprint density at radius 3 is 2.30 bits per heavy atom. The van der Waals surface area contributed by atoms with Crippen LogP contribution in [0.25, 0.3) is 0 Å². The zero-order chi connectivity index (χ0) is 18.6. The van der Waals surface area contributed by atoms with E-state index in [1.807, 2.05) is 12.1 Å². The number of amides is 1. The molecule has 5 heteroatoms. The minimum atomic E-state index is -0.348. The zero-order valence-corrected chi connectivity index (χ0v) is 15.7. The van der Waals surface area contributed by atoms with Crippen molar-refractivity contribution in [1.82, 2.24) is 0 Å². The van der Waals surface area contributed by atoms with E-state index in [1.54, 1.807) is 0 Å². The van der Waals surface area contributed by atoms with Crippen molar-refractivity contribution >= 4 is 23.0 Å². The van der Waals surface area contributed by atoms with Crippen molar-refractivity contribution in [3.05, 3.63) is 54.1 Å². The number of para-hydroxylation sites is 1. The Morgan fingerprint density at radius 2 is 1.63 bits per heavy atom. The summed E-state index contributed by atoms with van der Waals surface area (Å²) in [7, 11) is 0. The molecule has 3 N–H and O–H groups in total. The van der Waals surface area contributed by atoms with Gasteiger partial charge in [-0.05, 0) is 56.0 Å². The van der Waals surface area contributed by atoms with E-state index in [0.717, 1.165) is 50.4 Å². The number of carbonyl (C=O) groups is 1. The fourth-order valence-corrected chi connectivity index (χ4v) is 4.21. The molecule has 0 atom stereocenters. The third-order valence-electron chi connectivity index (χ3n) is 5.70. The number of carbonyl (C=O) groups excluding carboxylic acids is 1. The number of hydrogen-bond acceptors (Lipinski definition) is 4. The highest BCUT2D eigenvalue weighted by Gasteiger charge is 2.21. The lowest BCUT2D eigenvalue weighted by Crippen LogP contribution is -2.39. The second-order valence-electron chi connectivity index (χ2n) is 7.53. The first-order valence-electron chi connectivity index (χ1n) is 9.96. The summed E-state index contributed by atoms with van der Waals surface area (Å²) < 4.78 is 0. The molecule has 0 spiro atoms. The second kappa shape index (κ2) is 7.91. The van der Waals surface area contributed by atoms with Crippen LogP contribution in [0.1, 0.15) is 36.0 Å². The molecule has 2 aliphatic heterocycles. The fourth-order valence-electron chi connectivity index (χ4n) is 4.21. The first-order chi connectivity index (χ1) is 13.2. The normalized spacial score (nSPS) is 17.9. The average molecular weight is 364 g/mol. The summed E-state index contributed by atoms with van der Waals surface area (Å²) in [6.45, 7) is 4.09.